The van der Waals surface area contributed by atoms with Crippen LogP contribution in [0.5, 0.6) is 0 Å². The molecule has 0 aliphatic rings. The fourth-order valence-electron chi connectivity index (χ4n) is 2.09. The van der Waals surface area contributed by atoms with Crippen molar-refractivity contribution < 1.29 is 13.6 Å². The van der Waals surface area contributed by atoms with Crippen molar-refractivity contribution >= 4 is 17.2 Å². The average molecular weight is 330 g/mol. The second kappa shape index (κ2) is 6.66. The summed E-state index contributed by atoms with van der Waals surface area (Å²) in [5, 5.41) is 6.66. The predicted octanol–water partition coefficient (Wildman–Crippen LogP) is 4.02. The lowest BCUT2D eigenvalue weighted by molar-refractivity contribution is 0.0950. The quantitative estimate of drug-likeness (QED) is 0.785. The SMILES string of the molecule is O=C(NCc1cncc(-c2ccsc2)c1)c1ccc(F)c(F)c1. The van der Waals surface area contributed by atoms with Crippen LogP contribution >= 0.6 is 11.3 Å². The smallest absolute Gasteiger partial charge is 0.251 e. The Bertz CT molecular complexity index is 834. The van der Waals surface area contributed by atoms with Crippen LogP contribution in [-0.4, -0.2) is 10.9 Å². The number of benzene rings is 1. The van der Waals surface area contributed by atoms with E-state index in [-0.39, 0.29) is 12.1 Å². The Kier molecular flexibility index (Phi) is 4.43. The molecule has 1 N–H and O–H groups in total. The third-order valence-electron chi connectivity index (χ3n) is 3.28. The summed E-state index contributed by atoms with van der Waals surface area (Å²) in [4.78, 5) is 16.1. The van der Waals surface area contributed by atoms with Crippen LogP contribution in [0.15, 0.2) is 53.5 Å². The Labute approximate surface area is 135 Å². The highest BCUT2D eigenvalue weighted by atomic mass is 32.1. The van der Waals surface area contributed by atoms with Crippen LogP contribution in [0.25, 0.3) is 11.1 Å². The normalized spacial score (nSPS) is 10.5. The standard InChI is InChI=1S/C17H12F2N2OS/c18-15-2-1-12(6-16(15)19)17(22)21-8-11-5-14(9-20-7-11)13-3-4-23-10-13/h1-7,9-10H,8H2,(H,21,22). The summed E-state index contributed by atoms with van der Waals surface area (Å²) >= 11 is 1.59. The van der Waals surface area contributed by atoms with Gasteiger partial charge in [0.1, 0.15) is 0 Å². The highest BCUT2D eigenvalue weighted by molar-refractivity contribution is 7.08. The van der Waals surface area contributed by atoms with Gasteiger partial charge in [-0.2, -0.15) is 11.3 Å². The molecule has 2 aromatic heterocycles. The minimum absolute atomic E-state index is 0.0749. The van der Waals surface area contributed by atoms with Gasteiger partial charge in [-0.15, -0.1) is 0 Å². The van der Waals surface area contributed by atoms with E-state index in [2.05, 4.69) is 10.3 Å². The van der Waals surface area contributed by atoms with Crippen LogP contribution in [0.2, 0.25) is 0 Å². The van der Waals surface area contributed by atoms with Gasteiger partial charge < -0.3 is 5.32 Å². The fraction of sp³-hybridized carbons (Fsp3) is 0.0588. The number of hydrogen-bond acceptors (Lipinski definition) is 3. The van der Waals surface area contributed by atoms with E-state index in [1.54, 1.807) is 23.7 Å². The number of carbonyl (C=O) groups excluding carboxylic acids is 1. The van der Waals surface area contributed by atoms with Crippen molar-refractivity contribution in [3.05, 3.63) is 76.2 Å². The van der Waals surface area contributed by atoms with Gasteiger partial charge in [0.2, 0.25) is 0 Å². The second-order valence-electron chi connectivity index (χ2n) is 4.91. The molecule has 0 saturated heterocycles. The molecule has 0 radical (unpaired) electrons. The molecule has 23 heavy (non-hydrogen) atoms. The number of rotatable bonds is 4. The van der Waals surface area contributed by atoms with Crippen LogP contribution in [0.1, 0.15) is 15.9 Å². The maximum Gasteiger partial charge on any atom is 0.251 e. The molecule has 0 unspecified atom stereocenters. The zero-order valence-electron chi connectivity index (χ0n) is 11.9. The first-order valence-corrected chi connectivity index (χ1v) is 7.77. The van der Waals surface area contributed by atoms with Crippen LogP contribution in [0.4, 0.5) is 8.78 Å². The molecule has 2 heterocycles. The number of halogens is 2. The monoisotopic (exact) mass is 330 g/mol. The van der Waals surface area contributed by atoms with E-state index < -0.39 is 17.5 Å². The molecule has 0 saturated carbocycles. The molecule has 0 spiro atoms. The van der Waals surface area contributed by atoms with Gasteiger partial charge in [-0.1, -0.05) is 0 Å². The number of nitrogens with one attached hydrogen (secondary N) is 1. The maximum atomic E-state index is 13.1. The number of carbonyl (C=O) groups is 1. The van der Waals surface area contributed by atoms with Crippen molar-refractivity contribution in [2.75, 3.05) is 0 Å². The molecule has 0 bridgehead atoms. The van der Waals surface area contributed by atoms with Gasteiger partial charge >= 0.3 is 0 Å². The summed E-state index contributed by atoms with van der Waals surface area (Å²) in [6.45, 7) is 0.253. The first kappa shape index (κ1) is 15.3. The van der Waals surface area contributed by atoms with Gasteiger partial charge in [-0.3, -0.25) is 9.78 Å². The molecule has 0 aliphatic carbocycles. The first-order valence-electron chi connectivity index (χ1n) is 6.83. The van der Waals surface area contributed by atoms with E-state index in [0.29, 0.717) is 0 Å². The van der Waals surface area contributed by atoms with E-state index in [1.807, 2.05) is 22.9 Å². The lowest BCUT2D eigenvalue weighted by Crippen LogP contribution is -2.23. The van der Waals surface area contributed by atoms with Gasteiger partial charge in [0.15, 0.2) is 11.6 Å². The van der Waals surface area contributed by atoms with E-state index in [9.17, 15) is 13.6 Å². The van der Waals surface area contributed by atoms with Gasteiger partial charge in [-0.05, 0) is 52.2 Å². The topological polar surface area (TPSA) is 42.0 Å². The van der Waals surface area contributed by atoms with Crippen molar-refractivity contribution in [1.82, 2.24) is 10.3 Å². The zero-order valence-corrected chi connectivity index (χ0v) is 12.7. The van der Waals surface area contributed by atoms with Crippen molar-refractivity contribution in [3.8, 4) is 11.1 Å². The zero-order chi connectivity index (χ0) is 16.2. The van der Waals surface area contributed by atoms with Gasteiger partial charge in [0.05, 0.1) is 0 Å². The molecule has 3 rings (SSSR count). The van der Waals surface area contributed by atoms with Crippen LogP contribution in [0, 0.1) is 11.6 Å². The number of pyridine rings is 1. The molecular weight excluding hydrogens is 318 g/mol. The van der Waals surface area contributed by atoms with Crippen LogP contribution in [-0.2, 0) is 6.54 Å². The summed E-state index contributed by atoms with van der Waals surface area (Å²) in [5.41, 5.74) is 2.93. The second-order valence-corrected chi connectivity index (χ2v) is 5.69. The molecule has 6 heteroatoms. The van der Waals surface area contributed by atoms with E-state index >= 15 is 0 Å². The lowest BCUT2D eigenvalue weighted by atomic mass is 10.1. The number of hydrogen-bond donors (Lipinski definition) is 1. The molecule has 3 aromatic rings. The maximum absolute atomic E-state index is 13.1. The molecule has 0 fully saturated rings. The van der Waals surface area contributed by atoms with E-state index in [1.165, 1.54) is 6.07 Å². The van der Waals surface area contributed by atoms with E-state index in [0.717, 1.165) is 28.8 Å². The van der Waals surface area contributed by atoms with Crippen LogP contribution < -0.4 is 5.32 Å². The fourth-order valence-corrected chi connectivity index (χ4v) is 2.76. The third-order valence-corrected chi connectivity index (χ3v) is 3.97. The summed E-state index contributed by atoms with van der Waals surface area (Å²) in [6.07, 6.45) is 3.41. The van der Waals surface area contributed by atoms with Gasteiger partial charge in [0.25, 0.3) is 5.91 Å². The van der Waals surface area contributed by atoms with Crippen molar-refractivity contribution in [3.63, 3.8) is 0 Å². The Hall–Kier alpha value is -2.60. The summed E-state index contributed by atoms with van der Waals surface area (Å²) in [7, 11) is 0. The lowest BCUT2D eigenvalue weighted by Gasteiger charge is -2.07. The van der Waals surface area contributed by atoms with Crippen molar-refractivity contribution in [2.45, 2.75) is 6.54 Å². The molecule has 1 amide bonds. The number of nitrogens with zero attached hydrogens (tertiary/aromatic N) is 1. The molecule has 0 atom stereocenters. The summed E-state index contributed by atoms with van der Waals surface area (Å²) in [5.74, 6) is -2.49. The average Bonchev–Trinajstić information content (AvgIpc) is 3.10. The Morgan fingerprint density at radius 1 is 1.09 bits per heavy atom. The van der Waals surface area contributed by atoms with Crippen molar-refractivity contribution in [2.24, 2.45) is 0 Å². The Balaban J connectivity index is 1.69. The molecule has 0 aliphatic heterocycles. The van der Waals surface area contributed by atoms with Crippen LogP contribution in [0.3, 0.4) is 0 Å². The minimum Gasteiger partial charge on any atom is -0.348 e. The third kappa shape index (κ3) is 3.60. The molecule has 116 valence electrons. The summed E-state index contributed by atoms with van der Waals surface area (Å²) < 4.78 is 26.0. The molecule has 1 aromatic carbocycles. The molecular formula is C17H12F2N2OS. The Morgan fingerprint density at radius 2 is 1.96 bits per heavy atom. The highest BCUT2D eigenvalue weighted by Crippen LogP contribution is 2.21. The number of thiophene rings is 1. The number of aromatic nitrogens is 1. The van der Waals surface area contributed by atoms with Gasteiger partial charge in [0, 0.05) is 30.1 Å². The molecule has 3 nitrogen and oxygen atoms in total. The number of amides is 1. The predicted molar refractivity (Wildman–Crippen MR) is 85.1 cm³/mol. The summed E-state index contributed by atoms with van der Waals surface area (Å²) in [6, 6.07) is 6.98. The minimum atomic E-state index is -1.04. The van der Waals surface area contributed by atoms with Crippen molar-refractivity contribution in [1.29, 1.82) is 0 Å². The highest BCUT2D eigenvalue weighted by Gasteiger charge is 2.10. The van der Waals surface area contributed by atoms with Gasteiger partial charge in [-0.25, -0.2) is 8.78 Å². The first-order chi connectivity index (χ1) is 11.1. The van der Waals surface area contributed by atoms with E-state index in [4.69, 9.17) is 0 Å². The Morgan fingerprint density at radius 3 is 2.70 bits per heavy atom. The largest absolute Gasteiger partial charge is 0.348 e.